The molecular weight excluding hydrogens is 169 g/mol. The van der Waals surface area contributed by atoms with E-state index in [0.29, 0.717) is 0 Å². The highest BCUT2D eigenvalue weighted by molar-refractivity contribution is 7.44. The number of quaternary nitrogens is 1. The summed E-state index contributed by atoms with van der Waals surface area (Å²) in [4.78, 5) is 29.7. The fraction of sp³-hybridized carbons (Fsp3) is 0.800. The summed E-state index contributed by atoms with van der Waals surface area (Å²) < 4.78 is 9.78. The van der Waals surface area contributed by atoms with Gasteiger partial charge in [-0.2, -0.15) is 0 Å². The van der Waals surface area contributed by atoms with Gasteiger partial charge in [0, 0.05) is 0 Å². The Kier molecular flexibility index (Phi) is 3.38. The fourth-order valence-electron chi connectivity index (χ4n) is 0.790. The molecular formula is C5H12NO4P. The molecule has 0 saturated carbocycles. The summed E-state index contributed by atoms with van der Waals surface area (Å²) in [5.74, 6) is 0. The Bertz CT molecular complexity index is 183. The molecule has 0 aliphatic rings. The molecule has 0 bridgehead atoms. The summed E-state index contributed by atoms with van der Waals surface area (Å²) in [6.45, 7) is 3.16. The topological polar surface area (TPSA) is 77.4 Å². The molecule has 11 heavy (non-hydrogen) atoms. The standard InChI is InChI=1S/C5H12NO4P/c1-3-6(4-2,5-7)11(8,9)10/h5H,3-4H2,1-2H3,(H-,8,9,10). The number of carbonyl (C=O) groups excluding carboxylic acids is 1. The number of amides is 1. The lowest BCUT2D eigenvalue weighted by Gasteiger charge is -2.36. The van der Waals surface area contributed by atoms with Gasteiger partial charge in [-0.3, -0.25) is 0 Å². The summed E-state index contributed by atoms with van der Waals surface area (Å²) >= 11 is 0. The smallest absolute Gasteiger partial charge is 0.333 e. The maximum atomic E-state index is 10.7. The molecule has 1 atom stereocenters. The lowest BCUT2D eigenvalue weighted by molar-refractivity contribution is -0.748. The van der Waals surface area contributed by atoms with Crippen LogP contribution in [-0.2, 0) is 9.36 Å². The van der Waals surface area contributed by atoms with Gasteiger partial charge >= 0.3 is 14.2 Å². The second kappa shape index (κ2) is 3.45. The van der Waals surface area contributed by atoms with E-state index in [-0.39, 0.29) is 19.5 Å². The van der Waals surface area contributed by atoms with Gasteiger partial charge in [0.05, 0.1) is 13.1 Å². The van der Waals surface area contributed by atoms with Crippen molar-refractivity contribution in [1.82, 2.24) is 0 Å². The van der Waals surface area contributed by atoms with Crippen molar-refractivity contribution in [3.05, 3.63) is 0 Å². The first-order valence-electron chi connectivity index (χ1n) is 3.31. The third-order valence-electron chi connectivity index (χ3n) is 1.79. The van der Waals surface area contributed by atoms with Crippen molar-refractivity contribution in [3.63, 3.8) is 0 Å². The molecule has 66 valence electrons. The number of nitrogens with zero attached hydrogens (tertiary/aromatic N) is 1. The quantitative estimate of drug-likeness (QED) is 0.466. The van der Waals surface area contributed by atoms with E-state index in [4.69, 9.17) is 4.89 Å². The summed E-state index contributed by atoms with van der Waals surface area (Å²) in [5, 5.41) is 0. The van der Waals surface area contributed by atoms with Crippen LogP contribution in [0.1, 0.15) is 13.8 Å². The van der Waals surface area contributed by atoms with Gasteiger partial charge in [-0.1, -0.05) is 0 Å². The molecule has 0 aromatic carbocycles. The molecule has 5 nitrogen and oxygen atoms in total. The van der Waals surface area contributed by atoms with Crippen LogP contribution < -0.4 is 4.89 Å². The zero-order valence-electron chi connectivity index (χ0n) is 6.56. The van der Waals surface area contributed by atoms with E-state index in [1.165, 1.54) is 13.8 Å². The van der Waals surface area contributed by atoms with Gasteiger partial charge in [-0.05, 0) is 13.8 Å². The number of rotatable bonds is 4. The number of hydrogen-bond donors (Lipinski definition) is 1. The molecule has 0 spiro atoms. The third-order valence-corrected chi connectivity index (χ3v) is 3.46. The van der Waals surface area contributed by atoms with Gasteiger partial charge in [0.2, 0.25) is 0 Å². The molecule has 1 N–H and O–H groups in total. The van der Waals surface area contributed by atoms with Crippen LogP contribution in [0.2, 0.25) is 0 Å². The maximum absolute atomic E-state index is 10.7. The molecule has 0 fully saturated rings. The molecule has 1 unspecified atom stereocenters. The van der Waals surface area contributed by atoms with Crippen molar-refractivity contribution in [1.29, 1.82) is 0 Å². The maximum Gasteiger partial charge on any atom is 0.333 e. The monoisotopic (exact) mass is 181 g/mol. The van der Waals surface area contributed by atoms with Crippen LogP contribution in [0.15, 0.2) is 0 Å². The van der Waals surface area contributed by atoms with Crippen LogP contribution in [0, 0.1) is 0 Å². The van der Waals surface area contributed by atoms with Gasteiger partial charge < -0.3 is 9.79 Å². The van der Waals surface area contributed by atoms with E-state index in [9.17, 15) is 14.3 Å². The molecule has 0 aliphatic carbocycles. The van der Waals surface area contributed by atoms with Crippen LogP contribution in [0.5, 0.6) is 0 Å². The van der Waals surface area contributed by atoms with E-state index < -0.39 is 12.0 Å². The van der Waals surface area contributed by atoms with Crippen molar-refractivity contribution in [2.45, 2.75) is 13.8 Å². The highest BCUT2D eigenvalue weighted by Gasteiger charge is 2.34. The normalized spacial score (nSPS) is 17.5. The van der Waals surface area contributed by atoms with Gasteiger partial charge in [0.25, 0.3) is 0 Å². The van der Waals surface area contributed by atoms with Gasteiger partial charge in [0.1, 0.15) is 0 Å². The highest BCUT2D eigenvalue weighted by Crippen LogP contribution is 2.41. The summed E-state index contributed by atoms with van der Waals surface area (Å²) in [5.41, 5.74) is 0. The number of carbonyl (C=O) groups is 1. The van der Waals surface area contributed by atoms with E-state index in [0.717, 1.165) is 0 Å². The minimum Gasteiger partial charge on any atom is -0.730 e. The van der Waals surface area contributed by atoms with Gasteiger partial charge in [-0.15, -0.1) is 0 Å². The molecule has 1 amide bonds. The van der Waals surface area contributed by atoms with Crippen molar-refractivity contribution in [2.75, 3.05) is 13.1 Å². The summed E-state index contributed by atoms with van der Waals surface area (Å²) in [7, 11) is -4.59. The van der Waals surface area contributed by atoms with Gasteiger partial charge in [-0.25, -0.2) is 13.6 Å². The zero-order chi connectivity index (χ0) is 9.12. The Balaban J connectivity index is 4.84. The Labute approximate surface area is 65.4 Å². The molecule has 0 radical (unpaired) electrons. The van der Waals surface area contributed by atoms with Crippen molar-refractivity contribution in [3.8, 4) is 0 Å². The molecule has 0 rings (SSSR count). The van der Waals surface area contributed by atoms with Crippen LogP contribution >= 0.6 is 7.75 Å². The predicted octanol–water partition coefficient (Wildman–Crippen LogP) is -0.540. The zero-order valence-corrected chi connectivity index (χ0v) is 7.45. The van der Waals surface area contributed by atoms with Crippen LogP contribution in [0.3, 0.4) is 0 Å². The Morgan fingerprint density at radius 1 is 1.55 bits per heavy atom. The molecule has 0 heterocycles. The van der Waals surface area contributed by atoms with E-state index >= 15 is 0 Å². The average Bonchev–Trinajstić information content (AvgIpc) is 1.90. The SMILES string of the molecule is CC[N+](C=O)(CC)P(=O)([O-])O. The second-order valence-electron chi connectivity index (χ2n) is 2.22. The van der Waals surface area contributed by atoms with E-state index in [1.54, 1.807) is 0 Å². The Morgan fingerprint density at radius 3 is 1.91 bits per heavy atom. The summed E-state index contributed by atoms with van der Waals surface area (Å²) in [6, 6.07) is 0. The highest BCUT2D eigenvalue weighted by atomic mass is 31.2. The van der Waals surface area contributed by atoms with Crippen molar-refractivity contribution in [2.24, 2.45) is 0 Å². The second-order valence-corrected chi connectivity index (χ2v) is 3.99. The molecule has 0 saturated heterocycles. The molecule has 6 heteroatoms. The first-order valence-corrected chi connectivity index (χ1v) is 4.84. The number of hydrogen-bond acceptors (Lipinski definition) is 3. The first kappa shape index (κ1) is 10.8. The van der Waals surface area contributed by atoms with Crippen LogP contribution in [0.25, 0.3) is 0 Å². The van der Waals surface area contributed by atoms with Crippen molar-refractivity contribution >= 4 is 14.2 Å². The fourth-order valence-corrected chi connectivity index (χ4v) is 1.62. The average molecular weight is 181 g/mol. The Morgan fingerprint density at radius 2 is 1.91 bits per heavy atom. The third kappa shape index (κ3) is 1.87. The molecule has 0 aromatic rings. The minimum atomic E-state index is -4.59. The Hall–Kier alpha value is -0.220. The van der Waals surface area contributed by atoms with E-state index in [1.807, 2.05) is 0 Å². The van der Waals surface area contributed by atoms with Crippen LogP contribution in [-0.4, -0.2) is 28.6 Å². The van der Waals surface area contributed by atoms with E-state index in [2.05, 4.69) is 0 Å². The minimum absolute atomic E-state index is 0.0529. The van der Waals surface area contributed by atoms with Crippen LogP contribution in [0.4, 0.5) is 0 Å². The molecule has 0 aliphatic heterocycles. The largest absolute Gasteiger partial charge is 0.730 e. The lowest BCUT2D eigenvalue weighted by atomic mass is 10.6. The molecule has 0 aromatic heterocycles. The van der Waals surface area contributed by atoms with Gasteiger partial charge in [0.15, 0.2) is 0 Å². The predicted molar refractivity (Wildman–Crippen MR) is 37.2 cm³/mol. The first-order chi connectivity index (χ1) is 4.93. The summed E-state index contributed by atoms with van der Waals surface area (Å²) in [6.07, 6.45) is 0.244. The lowest BCUT2D eigenvalue weighted by Crippen LogP contribution is -2.46. The van der Waals surface area contributed by atoms with Crippen molar-refractivity contribution < 1.29 is 23.4 Å².